The maximum Gasteiger partial charge on any atom is 0.322 e. The van der Waals surface area contributed by atoms with Crippen molar-refractivity contribution in [3.63, 3.8) is 0 Å². The second-order valence-electron chi connectivity index (χ2n) is 9.80. The van der Waals surface area contributed by atoms with Gasteiger partial charge in [0.05, 0.1) is 31.2 Å². The Morgan fingerprint density at radius 2 is 2.14 bits per heavy atom. The summed E-state index contributed by atoms with van der Waals surface area (Å²) in [6.07, 6.45) is 10.5. The maximum atomic E-state index is 13.1. The number of H-pyrrole nitrogens is 1. The number of pyridine rings is 1. The lowest BCUT2D eigenvalue weighted by atomic mass is 9.92. The van der Waals surface area contributed by atoms with Crippen molar-refractivity contribution in [1.29, 1.82) is 0 Å². The Morgan fingerprint density at radius 3 is 2.86 bits per heavy atom. The molecule has 11 heteroatoms. The first-order valence-corrected chi connectivity index (χ1v) is 13.5. The van der Waals surface area contributed by atoms with Crippen LogP contribution in [0.15, 0.2) is 34.7 Å². The lowest BCUT2D eigenvalue weighted by Crippen LogP contribution is -2.42. The van der Waals surface area contributed by atoms with E-state index in [0.717, 1.165) is 29.9 Å². The smallest absolute Gasteiger partial charge is 0.322 e. The molecule has 0 spiro atoms. The van der Waals surface area contributed by atoms with E-state index in [9.17, 15) is 14.4 Å². The molecule has 10 nitrogen and oxygen atoms in total. The molecule has 2 amide bonds. The van der Waals surface area contributed by atoms with Crippen molar-refractivity contribution < 1.29 is 14.3 Å². The highest BCUT2D eigenvalue weighted by molar-refractivity contribution is 7.08. The van der Waals surface area contributed by atoms with Gasteiger partial charge in [-0.05, 0) is 56.2 Å². The summed E-state index contributed by atoms with van der Waals surface area (Å²) in [5.74, 6) is -0.706. The van der Waals surface area contributed by atoms with E-state index in [1.807, 2.05) is 19.1 Å². The maximum absolute atomic E-state index is 13.1. The number of nitrogens with zero attached hydrogens (tertiary/aromatic N) is 3. The van der Waals surface area contributed by atoms with E-state index in [-0.39, 0.29) is 41.3 Å². The summed E-state index contributed by atoms with van der Waals surface area (Å²) in [6.45, 7) is 3.11. The van der Waals surface area contributed by atoms with Gasteiger partial charge in [-0.1, -0.05) is 29.6 Å². The van der Waals surface area contributed by atoms with Crippen LogP contribution in [0, 0.1) is 6.92 Å². The molecule has 2 aromatic heterocycles. The molecule has 2 aromatic rings. The summed E-state index contributed by atoms with van der Waals surface area (Å²) >= 11 is 0.994. The summed E-state index contributed by atoms with van der Waals surface area (Å²) in [4.78, 5) is 43.0. The van der Waals surface area contributed by atoms with Crippen LogP contribution in [-0.2, 0) is 33.8 Å². The molecule has 1 aliphatic heterocycles. The monoisotopic (exact) mass is 524 g/mol. The molecule has 2 aliphatic carbocycles. The first kappa shape index (κ1) is 25.5. The van der Waals surface area contributed by atoms with Crippen molar-refractivity contribution in [2.45, 2.75) is 63.7 Å². The highest BCUT2D eigenvalue weighted by Gasteiger charge is 2.39. The molecule has 1 fully saturated rings. The summed E-state index contributed by atoms with van der Waals surface area (Å²) in [6, 6.07) is 1.75. The quantitative estimate of drug-likeness (QED) is 0.495. The van der Waals surface area contributed by atoms with Gasteiger partial charge in [0.1, 0.15) is 5.01 Å². The molecule has 3 heterocycles. The lowest BCUT2D eigenvalue weighted by molar-refractivity contribution is -0.129. The van der Waals surface area contributed by atoms with Crippen LogP contribution in [0.2, 0.25) is 0 Å². The van der Waals surface area contributed by atoms with E-state index in [4.69, 9.17) is 15.5 Å². The average Bonchev–Trinajstić information content (AvgIpc) is 3.53. The Hall–Kier alpha value is -3.15. The Morgan fingerprint density at radius 1 is 1.30 bits per heavy atom. The molecule has 1 unspecified atom stereocenters. The standard InChI is InChI=1S/C26H32N6O4S/c1-15-10-17(19-4-2-3-5-21(19)28-15)14-36-18-8-6-16(7-9-18)24(34)29-22-13-32(23(33)11-27)12-20(22)25-30-31-26(35)37-25/h6-8,10,18,20,22H,2-5,9,11-14,27H2,1H3,(H,29,34)(H,31,35)/t18?,20-,22+/m0/s1. The van der Waals surface area contributed by atoms with Crippen LogP contribution in [0.25, 0.3) is 0 Å². The second kappa shape index (κ2) is 11.1. The van der Waals surface area contributed by atoms with E-state index in [2.05, 4.69) is 21.6 Å². The molecule has 3 aliphatic rings. The van der Waals surface area contributed by atoms with Crippen LogP contribution >= 0.6 is 11.3 Å². The number of hydrogen-bond donors (Lipinski definition) is 3. The van der Waals surface area contributed by atoms with E-state index >= 15 is 0 Å². The van der Waals surface area contributed by atoms with Gasteiger partial charge >= 0.3 is 4.87 Å². The number of amides is 2. The number of carbonyl (C=O) groups is 2. The number of aromatic nitrogens is 3. The van der Waals surface area contributed by atoms with Crippen molar-refractivity contribution >= 4 is 23.2 Å². The average molecular weight is 525 g/mol. The molecule has 196 valence electrons. The Bertz CT molecular complexity index is 1300. The molecule has 5 rings (SSSR count). The molecule has 4 N–H and O–H groups in total. The van der Waals surface area contributed by atoms with Gasteiger partial charge in [0.2, 0.25) is 5.91 Å². The Kier molecular flexibility index (Phi) is 7.63. The molecule has 0 saturated carbocycles. The molecular weight excluding hydrogens is 492 g/mol. The minimum atomic E-state index is -0.369. The van der Waals surface area contributed by atoms with E-state index in [1.165, 1.54) is 29.7 Å². The summed E-state index contributed by atoms with van der Waals surface area (Å²) < 4.78 is 6.19. The van der Waals surface area contributed by atoms with Gasteiger partial charge in [0, 0.05) is 30.1 Å². The molecule has 0 aromatic carbocycles. The molecule has 0 bridgehead atoms. The number of rotatable bonds is 7. The Labute approximate surface area is 219 Å². The third kappa shape index (κ3) is 5.73. The van der Waals surface area contributed by atoms with E-state index < -0.39 is 0 Å². The highest BCUT2D eigenvalue weighted by atomic mass is 32.1. The van der Waals surface area contributed by atoms with Crippen molar-refractivity contribution in [2.24, 2.45) is 5.73 Å². The SMILES string of the molecule is Cc1cc(COC2C=CC(C(=O)N[C@@H]3CN(C(=O)CN)C[C@@H]3c3n[nH]c(=O)s3)=CC2)c2c(n1)CCCC2. The third-order valence-electron chi connectivity index (χ3n) is 7.23. The van der Waals surface area contributed by atoms with Crippen LogP contribution < -0.4 is 15.9 Å². The minimum absolute atomic E-state index is 0.109. The topological polar surface area (TPSA) is 143 Å². The van der Waals surface area contributed by atoms with E-state index in [0.29, 0.717) is 36.7 Å². The van der Waals surface area contributed by atoms with Crippen LogP contribution in [0.5, 0.6) is 0 Å². The van der Waals surface area contributed by atoms with Crippen molar-refractivity contribution in [2.75, 3.05) is 19.6 Å². The molecular formula is C26H32N6O4S. The largest absolute Gasteiger partial charge is 0.369 e. The number of aromatic amines is 1. The number of aryl methyl sites for hydroxylation is 2. The van der Waals surface area contributed by atoms with Crippen LogP contribution in [0.1, 0.15) is 52.7 Å². The highest BCUT2D eigenvalue weighted by Crippen LogP contribution is 2.29. The molecule has 1 saturated heterocycles. The second-order valence-corrected chi connectivity index (χ2v) is 10.8. The predicted octanol–water partition coefficient (Wildman–Crippen LogP) is 1.25. The minimum Gasteiger partial charge on any atom is -0.369 e. The van der Waals surface area contributed by atoms with Crippen molar-refractivity contribution in [3.05, 3.63) is 67.1 Å². The molecule has 0 radical (unpaired) electrons. The normalized spacial score (nSPS) is 23.0. The number of carbonyl (C=O) groups excluding carboxylic acids is 2. The van der Waals surface area contributed by atoms with Crippen LogP contribution in [0.3, 0.4) is 0 Å². The van der Waals surface area contributed by atoms with Crippen LogP contribution in [-0.4, -0.2) is 63.7 Å². The number of hydrogen-bond acceptors (Lipinski definition) is 8. The van der Waals surface area contributed by atoms with Crippen LogP contribution in [0.4, 0.5) is 0 Å². The first-order chi connectivity index (χ1) is 17.9. The van der Waals surface area contributed by atoms with Crippen molar-refractivity contribution in [3.8, 4) is 0 Å². The molecule has 3 atom stereocenters. The number of nitrogens with two attached hydrogens (primary N) is 1. The number of likely N-dealkylation sites (tertiary alicyclic amines) is 1. The number of ether oxygens (including phenoxy) is 1. The number of fused-ring (bicyclic) bond motifs is 1. The summed E-state index contributed by atoms with van der Waals surface area (Å²) in [5, 5.41) is 10.1. The van der Waals surface area contributed by atoms with Gasteiger partial charge in [-0.2, -0.15) is 5.10 Å². The van der Waals surface area contributed by atoms with Gasteiger partial charge < -0.3 is 20.7 Å². The van der Waals surface area contributed by atoms with Gasteiger partial charge in [-0.15, -0.1) is 0 Å². The van der Waals surface area contributed by atoms with Gasteiger partial charge in [-0.3, -0.25) is 19.4 Å². The Balaban J connectivity index is 1.20. The zero-order valence-electron chi connectivity index (χ0n) is 20.9. The number of nitrogens with one attached hydrogen (secondary N) is 2. The fraction of sp³-hybridized carbons (Fsp3) is 0.500. The van der Waals surface area contributed by atoms with Gasteiger partial charge in [0.25, 0.3) is 5.91 Å². The summed E-state index contributed by atoms with van der Waals surface area (Å²) in [7, 11) is 0. The lowest BCUT2D eigenvalue weighted by Gasteiger charge is -2.22. The zero-order valence-corrected chi connectivity index (χ0v) is 21.7. The summed E-state index contributed by atoms with van der Waals surface area (Å²) in [5.41, 5.74) is 10.9. The van der Waals surface area contributed by atoms with Crippen molar-refractivity contribution in [1.82, 2.24) is 25.4 Å². The van der Waals surface area contributed by atoms with Gasteiger partial charge in [-0.25, -0.2) is 5.10 Å². The van der Waals surface area contributed by atoms with E-state index in [1.54, 1.807) is 11.0 Å². The zero-order chi connectivity index (χ0) is 25.9. The third-order valence-corrected chi connectivity index (χ3v) is 8.11. The predicted molar refractivity (Wildman–Crippen MR) is 139 cm³/mol. The molecule has 37 heavy (non-hydrogen) atoms. The fourth-order valence-corrected chi connectivity index (χ4v) is 6.11. The van der Waals surface area contributed by atoms with Gasteiger partial charge in [0.15, 0.2) is 0 Å². The fourth-order valence-electron chi connectivity index (χ4n) is 5.35. The first-order valence-electron chi connectivity index (χ1n) is 12.7.